The second-order valence-corrected chi connectivity index (χ2v) is 6.20. The predicted molar refractivity (Wildman–Crippen MR) is 119 cm³/mol. The van der Waals surface area contributed by atoms with Crippen molar-refractivity contribution in [1.29, 1.82) is 0 Å². The molecular weight excluding hydrogens is 330 g/mol. The van der Waals surface area contributed by atoms with E-state index in [0.29, 0.717) is 6.42 Å². The molecule has 2 aromatic carbocycles. The molecule has 0 saturated heterocycles. The first-order chi connectivity index (χ1) is 13.2. The predicted octanol–water partition coefficient (Wildman–Crippen LogP) is 5.92. The van der Waals surface area contributed by atoms with Gasteiger partial charge in [-0.2, -0.15) is 0 Å². The maximum atomic E-state index is 9.98. The Balaban J connectivity index is 0.000000428. The lowest BCUT2D eigenvalue weighted by Gasteiger charge is -2.07. The standard InChI is InChI=1S/C12H17N.C9H10O.C4H8/c1-2-6-12(13)10-9-11-7-4-3-5-8-11;10-8-4-7-9-5-2-1-3-6-9;1-3-4-2/h2-5,7-8,12H,1,6,9-10,13H2;1-3,5-6,8H,4,7H2;3H,1,4H2,2H3. The van der Waals surface area contributed by atoms with E-state index in [4.69, 9.17) is 5.73 Å². The van der Waals surface area contributed by atoms with E-state index in [-0.39, 0.29) is 6.04 Å². The van der Waals surface area contributed by atoms with Gasteiger partial charge >= 0.3 is 0 Å². The van der Waals surface area contributed by atoms with Gasteiger partial charge in [-0.1, -0.05) is 79.7 Å². The molecule has 0 saturated carbocycles. The van der Waals surface area contributed by atoms with Gasteiger partial charge in [0.05, 0.1) is 0 Å². The third-order valence-corrected chi connectivity index (χ3v) is 3.80. The van der Waals surface area contributed by atoms with Gasteiger partial charge in [-0.3, -0.25) is 0 Å². The molecule has 27 heavy (non-hydrogen) atoms. The summed E-state index contributed by atoms with van der Waals surface area (Å²) in [6.45, 7) is 9.22. The van der Waals surface area contributed by atoms with E-state index in [0.717, 1.165) is 38.4 Å². The molecule has 146 valence electrons. The lowest BCUT2D eigenvalue weighted by Crippen LogP contribution is -2.19. The maximum absolute atomic E-state index is 9.98. The van der Waals surface area contributed by atoms with Crippen LogP contribution in [0.3, 0.4) is 0 Å². The zero-order chi connectivity index (χ0) is 20.2. The second kappa shape index (κ2) is 18.3. The zero-order valence-electron chi connectivity index (χ0n) is 16.7. The number of aldehydes is 1. The largest absolute Gasteiger partial charge is 0.327 e. The van der Waals surface area contributed by atoms with Crippen LogP contribution in [-0.4, -0.2) is 12.3 Å². The number of aryl methyl sites for hydroxylation is 2. The molecule has 1 unspecified atom stereocenters. The maximum Gasteiger partial charge on any atom is 0.120 e. The molecule has 2 rings (SSSR count). The van der Waals surface area contributed by atoms with Crippen LogP contribution in [0.2, 0.25) is 0 Å². The van der Waals surface area contributed by atoms with Gasteiger partial charge in [0.25, 0.3) is 0 Å². The molecule has 0 aliphatic rings. The lowest BCUT2D eigenvalue weighted by atomic mass is 10.0. The summed E-state index contributed by atoms with van der Waals surface area (Å²) in [5.41, 5.74) is 8.45. The highest BCUT2D eigenvalue weighted by atomic mass is 16.1. The Kier molecular flexibility index (Phi) is 16.7. The number of carbonyl (C=O) groups is 1. The first kappa shape index (κ1) is 24.6. The molecule has 2 nitrogen and oxygen atoms in total. The van der Waals surface area contributed by atoms with Crippen LogP contribution in [0.4, 0.5) is 0 Å². The van der Waals surface area contributed by atoms with E-state index in [2.05, 4.69) is 44.3 Å². The van der Waals surface area contributed by atoms with Crippen LogP contribution < -0.4 is 5.73 Å². The molecule has 0 amide bonds. The van der Waals surface area contributed by atoms with Gasteiger partial charge in [0.2, 0.25) is 0 Å². The van der Waals surface area contributed by atoms with Crippen molar-refractivity contribution in [2.24, 2.45) is 5.73 Å². The molecule has 2 heteroatoms. The van der Waals surface area contributed by atoms with Crippen molar-refractivity contribution in [2.75, 3.05) is 0 Å². The van der Waals surface area contributed by atoms with Crippen LogP contribution in [0.15, 0.2) is 86.0 Å². The summed E-state index contributed by atoms with van der Waals surface area (Å²) in [5, 5.41) is 0. The molecule has 0 spiro atoms. The van der Waals surface area contributed by atoms with Crippen molar-refractivity contribution in [2.45, 2.75) is 51.5 Å². The van der Waals surface area contributed by atoms with Crippen LogP contribution in [0.5, 0.6) is 0 Å². The normalized spacial score (nSPS) is 10.3. The summed E-state index contributed by atoms with van der Waals surface area (Å²) < 4.78 is 0. The molecule has 2 N–H and O–H groups in total. The topological polar surface area (TPSA) is 43.1 Å². The summed E-state index contributed by atoms with van der Waals surface area (Å²) in [4.78, 5) is 9.98. The summed E-state index contributed by atoms with van der Waals surface area (Å²) in [5.74, 6) is 0. The highest BCUT2D eigenvalue weighted by Crippen LogP contribution is 2.05. The SMILES string of the molecule is C=CCC.C=CCC(N)CCc1ccccc1.O=CCCc1ccccc1. The van der Waals surface area contributed by atoms with Crippen molar-refractivity contribution in [1.82, 2.24) is 0 Å². The minimum atomic E-state index is 0.262. The van der Waals surface area contributed by atoms with Crippen LogP contribution in [-0.2, 0) is 17.6 Å². The lowest BCUT2D eigenvalue weighted by molar-refractivity contribution is -0.107. The van der Waals surface area contributed by atoms with Gasteiger partial charge in [-0.15, -0.1) is 13.2 Å². The molecule has 0 heterocycles. The first-order valence-corrected chi connectivity index (χ1v) is 9.66. The minimum Gasteiger partial charge on any atom is -0.327 e. The Morgan fingerprint density at radius 1 is 0.889 bits per heavy atom. The summed E-state index contributed by atoms with van der Waals surface area (Å²) in [6, 6.07) is 20.7. The van der Waals surface area contributed by atoms with Crippen LogP contribution in [0.25, 0.3) is 0 Å². The van der Waals surface area contributed by atoms with E-state index in [1.165, 1.54) is 11.1 Å². The van der Waals surface area contributed by atoms with Gasteiger partial charge in [0, 0.05) is 12.5 Å². The average molecular weight is 366 g/mol. The molecule has 0 aliphatic heterocycles. The number of carbonyl (C=O) groups excluding carboxylic acids is 1. The van der Waals surface area contributed by atoms with Gasteiger partial charge in [0.1, 0.15) is 6.29 Å². The summed E-state index contributed by atoms with van der Waals surface area (Å²) in [7, 11) is 0. The number of hydrogen-bond donors (Lipinski definition) is 1. The van der Waals surface area contributed by atoms with Crippen molar-refractivity contribution in [3.05, 3.63) is 97.1 Å². The van der Waals surface area contributed by atoms with Crippen LogP contribution in [0, 0.1) is 0 Å². The second-order valence-electron chi connectivity index (χ2n) is 6.20. The highest BCUT2D eigenvalue weighted by molar-refractivity contribution is 5.49. The zero-order valence-corrected chi connectivity index (χ0v) is 16.7. The fourth-order valence-electron chi connectivity index (χ4n) is 2.20. The number of hydrogen-bond acceptors (Lipinski definition) is 2. The van der Waals surface area contributed by atoms with Crippen molar-refractivity contribution < 1.29 is 4.79 Å². The molecule has 0 radical (unpaired) electrons. The fourth-order valence-corrected chi connectivity index (χ4v) is 2.20. The summed E-state index contributed by atoms with van der Waals surface area (Å²) >= 11 is 0. The van der Waals surface area contributed by atoms with Crippen molar-refractivity contribution >= 4 is 6.29 Å². The number of nitrogens with two attached hydrogens (primary N) is 1. The molecule has 2 aromatic rings. The van der Waals surface area contributed by atoms with Crippen molar-refractivity contribution in [3.63, 3.8) is 0 Å². The van der Waals surface area contributed by atoms with Gasteiger partial charge in [-0.25, -0.2) is 0 Å². The van der Waals surface area contributed by atoms with Crippen molar-refractivity contribution in [3.8, 4) is 0 Å². The summed E-state index contributed by atoms with van der Waals surface area (Å²) in [6.07, 6.45) is 10.3. The molecule has 0 aliphatic carbocycles. The third kappa shape index (κ3) is 15.5. The molecular formula is C25H35NO. The van der Waals surface area contributed by atoms with Gasteiger partial charge in [-0.05, 0) is 43.2 Å². The quantitative estimate of drug-likeness (QED) is 0.442. The first-order valence-electron chi connectivity index (χ1n) is 9.66. The van der Waals surface area contributed by atoms with Crippen LogP contribution >= 0.6 is 0 Å². The molecule has 0 aromatic heterocycles. The monoisotopic (exact) mass is 365 g/mol. The number of benzene rings is 2. The Labute approximate surface area is 165 Å². The molecule has 1 atom stereocenters. The van der Waals surface area contributed by atoms with E-state index in [1.54, 1.807) is 0 Å². The fraction of sp³-hybridized carbons (Fsp3) is 0.320. The van der Waals surface area contributed by atoms with Gasteiger partial charge < -0.3 is 10.5 Å². The third-order valence-electron chi connectivity index (χ3n) is 3.80. The Morgan fingerprint density at radius 2 is 1.37 bits per heavy atom. The Bertz CT molecular complexity index is 592. The molecule has 0 fully saturated rings. The smallest absolute Gasteiger partial charge is 0.120 e. The van der Waals surface area contributed by atoms with E-state index in [1.807, 2.05) is 48.6 Å². The average Bonchev–Trinajstić information content (AvgIpc) is 2.73. The molecule has 0 bridgehead atoms. The van der Waals surface area contributed by atoms with Crippen LogP contribution in [0.1, 0.15) is 43.7 Å². The Morgan fingerprint density at radius 3 is 1.78 bits per heavy atom. The van der Waals surface area contributed by atoms with E-state index >= 15 is 0 Å². The van der Waals surface area contributed by atoms with E-state index in [9.17, 15) is 4.79 Å². The van der Waals surface area contributed by atoms with E-state index < -0.39 is 0 Å². The highest BCUT2D eigenvalue weighted by Gasteiger charge is 1.99. The Hall–Kier alpha value is -2.45. The minimum absolute atomic E-state index is 0.262. The number of rotatable bonds is 9. The van der Waals surface area contributed by atoms with Gasteiger partial charge in [0.15, 0.2) is 0 Å². The number of allylic oxidation sites excluding steroid dienone is 1.